The molecule has 0 unspecified atom stereocenters. The van der Waals surface area contributed by atoms with Crippen LogP contribution in [0.5, 0.6) is 0 Å². The predicted octanol–water partition coefficient (Wildman–Crippen LogP) is 3.37. The van der Waals surface area contributed by atoms with E-state index < -0.39 is 0 Å². The summed E-state index contributed by atoms with van der Waals surface area (Å²) in [5.41, 5.74) is 1.97. The van der Waals surface area contributed by atoms with Gasteiger partial charge in [0.1, 0.15) is 5.76 Å². The van der Waals surface area contributed by atoms with Gasteiger partial charge in [-0.05, 0) is 37.3 Å². The first-order chi connectivity index (χ1) is 9.63. The summed E-state index contributed by atoms with van der Waals surface area (Å²) in [5.74, 6) is 2.28. The Hall–Kier alpha value is -2.56. The van der Waals surface area contributed by atoms with E-state index in [4.69, 9.17) is 8.83 Å². The molecule has 0 aliphatic carbocycles. The summed E-state index contributed by atoms with van der Waals surface area (Å²) >= 11 is 0. The van der Waals surface area contributed by atoms with E-state index >= 15 is 0 Å². The molecule has 3 aromatic rings. The molecule has 0 amide bonds. The van der Waals surface area contributed by atoms with Crippen molar-refractivity contribution in [2.75, 3.05) is 19.0 Å². The van der Waals surface area contributed by atoms with Crippen molar-refractivity contribution in [2.24, 2.45) is 0 Å². The molecular formula is C15H15N3O2. The summed E-state index contributed by atoms with van der Waals surface area (Å²) in [4.78, 5) is 2.02. The second-order valence-corrected chi connectivity index (χ2v) is 4.77. The van der Waals surface area contributed by atoms with Crippen molar-refractivity contribution < 1.29 is 8.83 Å². The Balaban J connectivity index is 1.96. The Morgan fingerprint density at radius 2 is 1.75 bits per heavy atom. The van der Waals surface area contributed by atoms with E-state index in [-0.39, 0.29) is 0 Å². The first-order valence-corrected chi connectivity index (χ1v) is 6.31. The van der Waals surface area contributed by atoms with Gasteiger partial charge >= 0.3 is 0 Å². The molecule has 5 nitrogen and oxygen atoms in total. The van der Waals surface area contributed by atoms with Gasteiger partial charge in [0.05, 0.1) is 0 Å². The van der Waals surface area contributed by atoms with Gasteiger partial charge in [-0.1, -0.05) is 6.07 Å². The maximum atomic E-state index is 5.67. The van der Waals surface area contributed by atoms with Gasteiger partial charge in [-0.25, -0.2) is 0 Å². The Bertz CT molecular complexity index is 728. The van der Waals surface area contributed by atoms with Gasteiger partial charge in [-0.2, -0.15) is 0 Å². The van der Waals surface area contributed by atoms with Gasteiger partial charge in [0.2, 0.25) is 5.89 Å². The van der Waals surface area contributed by atoms with Crippen LogP contribution in [0.2, 0.25) is 0 Å². The zero-order chi connectivity index (χ0) is 14.1. The van der Waals surface area contributed by atoms with Gasteiger partial charge in [0, 0.05) is 25.3 Å². The molecule has 0 saturated heterocycles. The van der Waals surface area contributed by atoms with Crippen molar-refractivity contribution in [1.29, 1.82) is 0 Å². The van der Waals surface area contributed by atoms with Crippen LogP contribution >= 0.6 is 0 Å². The average Bonchev–Trinajstić information content (AvgIpc) is 3.07. The van der Waals surface area contributed by atoms with Crippen molar-refractivity contribution in [3.63, 3.8) is 0 Å². The fourth-order valence-electron chi connectivity index (χ4n) is 1.91. The lowest BCUT2D eigenvalue weighted by Gasteiger charge is -2.12. The second-order valence-electron chi connectivity index (χ2n) is 4.77. The maximum Gasteiger partial charge on any atom is 0.283 e. The highest BCUT2D eigenvalue weighted by Crippen LogP contribution is 2.27. The molecule has 5 heteroatoms. The second kappa shape index (κ2) is 4.85. The summed E-state index contributed by atoms with van der Waals surface area (Å²) < 4.78 is 11.1. The molecule has 20 heavy (non-hydrogen) atoms. The molecule has 0 aliphatic rings. The molecule has 0 spiro atoms. The molecule has 3 rings (SSSR count). The molecule has 0 bridgehead atoms. The minimum Gasteiger partial charge on any atom is -0.456 e. The SMILES string of the molecule is Cc1ccc(-c2nnc(-c3cccc(N(C)C)c3)o2)o1. The minimum absolute atomic E-state index is 0.392. The van der Waals surface area contributed by atoms with Crippen LogP contribution in [0.25, 0.3) is 23.1 Å². The van der Waals surface area contributed by atoms with E-state index in [0.717, 1.165) is 17.0 Å². The number of anilines is 1. The molecule has 2 heterocycles. The van der Waals surface area contributed by atoms with Crippen LogP contribution in [0.3, 0.4) is 0 Å². The van der Waals surface area contributed by atoms with Gasteiger partial charge < -0.3 is 13.7 Å². The normalized spacial score (nSPS) is 10.8. The summed E-state index contributed by atoms with van der Waals surface area (Å²) in [6.07, 6.45) is 0. The number of nitrogens with zero attached hydrogens (tertiary/aromatic N) is 3. The van der Waals surface area contributed by atoms with E-state index in [1.165, 1.54) is 0 Å². The minimum atomic E-state index is 0.392. The highest BCUT2D eigenvalue weighted by atomic mass is 16.4. The van der Waals surface area contributed by atoms with Crippen LogP contribution in [0.15, 0.2) is 45.2 Å². The fraction of sp³-hybridized carbons (Fsp3) is 0.200. The summed E-state index contributed by atoms with van der Waals surface area (Å²) in [5, 5.41) is 8.10. The quantitative estimate of drug-likeness (QED) is 0.729. The third-order valence-electron chi connectivity index (χ3n) is 2.99. The summed E-state index contributed by atoms with van der Waals surface area (Å²) in [6.45, 7) is 1.88. The van der Waals surface area contributed by atoms with Crippen molar-refractivity contribution >= 4 is 5.69 Å². The van der Waals surface area contributed by atoms with Crippen LogP contribution in [0.1, 0.15) is 5.76 Å². The lowest BCUT2D eigenvalue weighted by atomic mass is 10.2. The van der Waals surface area contributed by atoms with Crippen molar-refractivity contribution in [3.8, 4) is 23.1 Å². The molecule has 0 fully saturated rings. The number of benzene rings is 1. The lowest BCUT2D eigenvalue weighted by Crippen LogP contribution is -2.08. The molecular weight excluding hydrogens is 254 g/mol. The Morgan fingerprint density at radius 1 is 0.950 bits per heavy atom. The number of aryl methyl sites for hydroxylation is 1. The van der Waals surface area contributed by atoms with E-state index in [0.29, 0.717) is 17.5 Å². The van der Waals surface area contributed by atoms with Gasteiger partial charge in [-0.3, -0.25) is 0 Å². The van der Waals surface area contributed by atoms with E-state index in [1.54, 1.807) is 0 Å². The first-order valence-electron chi connectivity index (χ1n) is 6.31. The third-order valence-corrected chi connectivity index (χ3v) is 2.99. The largest absolute Gasteiger partial charge is 0.456 e. The lowest BCUT2D eigenvalue weighted by molar-refractivity contribution is 0.505. The van der Waals surface area contributed by atoms with Crippen LogP contribution < -0.4 is 4.90 Å². The molecule has 102 valence electrons. The topological polar surface area (TPSA) is 55.3 Å². The molecule has 0 aliphatic heterocycles. The molecule has 1 aromatic carbocycles. The Labute approximate surface area is 116 Å². The number of hydrogen-bond donors (Lipinski definition) is 0. The predicted molar refractivity (Wildman–Crippen MR) is 76.5 cm³/mol. The van der Waals surface area contributed by atoms with Crippen molar-refractivity contribution in [3.05, 3.63) is 42.2 Å². The summed E-state index contributed by atoms with van der Waals surface area (Å²) in [7, 11) is 3.98. The highest BCUT2D eigenvalue weighted by molar-refractivity contribution is 5.62. The van der Waals surface area contributed by atoms with E-state index in [9.17, 15) is 0 Å². The first kappa shape index (κ1) is 12.5. The molecule has 2 aromatic heterocycles. The molecule has 0 N–H and O–H groups in total. The maximum absolute atomic E-state index is 5.67. The van der Waals surface area contributed by atoms with Gasteiger partial charge in [0.25, 0.3) is 5.89 Å². The highest BCUT2D eigenvalue weighted by Gasteiger charge is 2.13. The third kappa shape index (κ3) is 2.30. The molecule has 0 saturated carbocycles. The van der Waals surface area contributed by atoms with E-state index in [2.05, 4.69) is 10.2 Å². The Morgan fingerprint density at radius 3 is 2.45 bits per heavy atom. The zero-order valence-electron chi connectivity index (χ0n) is 11.6. The fourth-order valence-corrected chi connectivity index (χ4v) is 1.91. The van der Waals surface area contributed by atoms with Crippen LogP contribution in [0.4, 0.5) is 5.69 Å². The standard InChI is InChI=1S/C15H15N3O2/c1-10-7-8-13(19-10)15-17-16-14(20-15)11-5-4-6-12(9-11)18(2)3/h4-9H,1-3H3. The van der Waals surface area contributed by atoms with Crippen LogP contribution in [-0.4, -0.2) is 24.3 Å². The van der Waals surface area contributed by atoms with E-state index in [1.807, 2.05) is 62.3 Å². The number of furan rings is 1. The smallest absolute Gasteiger partial charge is 0.283 e. The van der Waals surface area contributed by atoms with Gasteiger partial charge in [-0.15, -0.1) is 10.2 Å². The Kier molecular flexibility index (Phi) is 3.02. The van der Waals surface area contributed by atoms with Crippen LogP contribution in [0, 0.1) is 6.92 Å². The van der Waals surface area contributed by atoms with Crippen LogP contribution in [-0.2, 0) is 0 Å². The number of hydrogen-bond acceptors (Lipinski definition) is 5. The monoisotopic (exact) mass is 269 g/mol. The number of aromatic nitrogens is 2. The zero-order valence-corrected chi connectivity index (χ0v) is 11.6. The number of rotatable bonds is 3. The summed E-state index contributed by atoms with van der Waals surface area (Å²) in [6, 6.07) is 11.6. The molecule has 0 radical (unpaired) electrons. The van der Waals surface area contributed by atoms with Crippen molar-refractivity contribution in [2.45, 2.75) is 6.92 Å². The molecule has 0 atom stereocenters. The van der Waals surface area contributed by atoms with Gasteiger partial charge in [0.15, 0.2) is 5.76 Å². The average molecular weight is 269 g/mol. The van der Waals surface area contributed by atoms with Crippen molar-refractivity contribution in [1.82, 2.24) is 10.2 Å².